The molecule has 1 nitrogen and oxygen atoms in total. The molecule has 0 amide bonds. The standard InChI is InChI=1S/C22H21Cl4OP/c1-13(21(28-27)12-15-19(25)9-6-10-20(15)26)16(22(2,3)4)11-14-17(23)7-5-8-18(14)24/h5-13H,1-4H3/p+1. The fourth-order valence-corrected chi connectivity index (χ4v) is 4.56. The molecule has 0 heterocycles. The van der Waals surface area contributed by atoms with Crippen LogP contribution in [0.25, 0.3) is 12.2 Å². The van der Waals surface area contributed by atoms with E-state index in [1.54, 1.807) is 30.3 Å². The molecular formula is C22H22Cl4OP+. The van der Waals surface area contributed by atoms with Crippen LogP contribution in [0, 0.1) is 11.3 Å². The van der Waals surface area contributed by atoms with Crippen LogP contribution < -0.4 is 0 Å². The van der Waals surface area contributed by atoms with Gasteiger partial charge < -0.3 is 0 Å². The highest BCUT2D eigenvalue weighted by Crippen LogP contribution is 2.42. The van der Waals surface area contributed by atoms with Gasteiger partial charge in [-0.2, -0.15) is 0 Å². The van der Waals surface area contributed by atoms with Gasteiger partial charge in [-0.3, -0.25) is 0 Å². The quantitative estimate of drug-likeness (QED) is 0.394. The van der Waals surface area contributed by atoms with Crippen LogP contribution in [0.3, 0.4) is 0 Å². The summed E-state index contributed by atoms with van der Waals surface area (Å²) in [6.45, 7) is 8.33. The minimum Gasteiger partial charge on any atom is -0.0836 e. The van der Waals surface area contributed by atoms with E-state index in [-0.39, 0.29) is 11.3 Å². The van der Waals surface area contributed by atoms with Crippen molar-refractivity contribution in [1.29, 1.82) is 0 Å². The molecule has 2 aromatic rings. The van der Waals surface area contributed by atoms with E-state index >= 15 is 0 Å². The van der Waals surface area contributed by atoms with Crippen molar-refractivity contribution < 1.29 is 4.57 Å². The second-order valence-electron chi connectivity index (χ2n) is 7.54. The molecule has 0 radical (unpaired) electrons. The van der Waals surface area contributed by atoms with Crippen molar-refractivity contribution in [3.05, 3.63) is 78.5 Å². The number of halogens is 4. The van der Waals surface area contributed by atoms with Crippen molar-refractivity contribution in [1.82, 2.24) is 0 Å². The van der Waals surface area contributed by atoms with Gasteiger partial charge in [-0.15, -0.1) is 0 Å². The Morgan fingerprint density at radius 1 is 0.857 bits per heavy atom. The molecule has 0 saturated heterocycles. The maximum atomic E-state index is 12.1. The first-order chi connectivity index (χ1) is 13.1. The van der Waals surface area contributed by atoms with E-state index < -0.39 is 8.46 Å². The Balaban J connectivity index is 2.62. The SMILES string of the molecule is CC(C(=Cc1c(Cl)cccc1Cl)[PH+]=O)C(=Cc1c(Cl)cccc1Cl)C(C)(C)C. The van der Waals surface area contributed by atoms with Gasteiger partial charge in [-0.25, -0.2) is 0 Å². The fraction of sp³-hybridized carbons (Fsp3) is 0.273. The van der Waals surface area contributed by atoms with Gasteiger partial charge >= 0.3 is 8.46 Å². The van der Waals surface area contributed by atoms with Gasteiger partial charge in [0.25, 0.3) is 0 Å². The van der Waals surface area contributed by atoms with E-state index in [1.807, 2.05) is 25.1 Å². The van der Waals surface area contributed by atoms with Crippen LogP contribution in [0.5, 0.6) is 0 Å². The molecule has 2 unspecified atom stereocenters. The maximum Gasteiger partial charge on any atom is 0.359 e. The third-order valence-electron chi connectivity index (χ3n) is 4.52. The van der Waals surface area contributed by atoms with E-state index in [2.05, 4.69) is 20.8 Å². The molecular weight excluding hydrogens is 453 g/mol. The van der Waals surface area contributed by atoms with Gasteiger partial charge in [0, 0.05) is 37.1 Å². The maximum absolute atomic E-state index is 12.1. The Bertz CT molecular complexity index is 902. The molecule has 0 aliphatic carbocycles. The Morgan fingerprint density at radius 2 is 1.25 bits per heavy atom. The molecule has 2 rings (SSSR count). The summed E-state index contributed by atoms with van der Waals surface area (Å²) in [7, 11) is -0.638. The number of hydrogen-bond donors (Lipinski definition) is 0. The Hall–Kier alpha value is -0.820. The summed E-state index contributed by atoms with van der Waals surface area (Å²) in [5.41, 5.74) is 2.28. The smallest absolute Gasteiger partial charge is 0.0836 e. The number of rotatable bonds is 5. The highest BCUT2D eigenvalue weighted by molar-refractivity contribution is 7.29. The third-order valence-corrected chi connectivity index (χ3v) is 6.65. The monoisotopic (exact) mass is 473 g/mol. The molecule has 148 valence electrons. The minimum atomic E-state index is -0.638. The van der Waals surface area contributed by atoms with Gasteiger partial charge in [-0.1, -0.05) is 102 Å². The molecule has 0 saturated carbocycles. The van der Waals surface area contributed by atoms with Crippen molar-refractivity contribution in [2.24, 2.45) is 11.3 Å². The van der Waals surface area contributed by atoms with Gasteiger partial charge in [0.1, 0.15) is 0 Å². The zero-order valence-electron chi connectivity index (χ0n) is 16.1. The zero-order chi connectivity index (χ0) is 21.1. The minimum absolute atomic E-state index is 0.129. The molecule has 0 fully saturated rings. The summed E-state index contributed by atoms with van der Waals surface area (Å²) in [6, 6.07) is 10.7. The molecule has 0 N–H and O–H groups in total. The lowest BCUT2D eigenvalue weighted by Crippen LogP contribution is -2.16. The molecule has 0 bridgehead atoms. The second kappa shape index (κ2) is 9.79. The predicted octanol–water partition coefficient (Wildman–Crippen LogP) is 9.43. The van der Waals surface area contributed by atoms with Gasteiger partial charge in [0.15, 0.2) is 5.31 Å². The van der Waals surface area contributed by atoms with E-state index in [1.165, 1.54) is 0 Å². The number of allylic oxidation sites excluding steroid dienone is 2. The highest BCUT2D eigenvalue weighted by atomic mass is 35.5. The normalized spacial score (nSPS) is 14.4. The molecule has 2 aromatic carbocycles. The molecule has 0 aliphatic rings. The lowest BCUT2D eigenvalue weighted by molar-refractivity contribution is 0.464. The second-order valence-corrected chi connectivity index (χ2v) is 9.95. The summed E-state index contributed by atoms with van der Waals surface area (Å²) in [6.07, 6.45) is 3.81. The first kappa shape index (κ1) is 23.5. The van der Waals surface area contributed by atoms with E-state index in [0.717, 1.165) is 16.5 Å². The summed E-state index contributed by atoms with van der Waals surface area (Å²) >= 11 is 25.3. The van der Waals surface area contributed by atoms with Crippen LogP contribution in [-0.2, 0) is 4.57 Å². The van der Waals surface area contributed by atoms with Crippen molar-refractivity contribution in [3.8, 4) is 0 Å². The van der Waals surface area contributed by atoms with Crippen LogP contribution in [0.15, 0.2) is 47.3 Å². The topological polar surface area (TPSA) is 17.1 Å². The van der Waals surface area contributed by atoms with Crippen LogP contribution in [0.2, 0.25) is 20.1 Å². The van der Waals surface area contributed by atoms with Gasteiger partial charge in [0.05, 0.1) is 0 Å². The van der Waals surface area contributed by atoms with Gasteiger partial charge in [0.2, 0.25) is 0 Å². The van der Waals surface area contributed by atoms with Crippen molar-refractivity contribution in [2.45, 2.75) is 27.7 Å². The van der Waals surface area contributed by atoms with E-state index in [9.17, 15) is 4.57 Å². The summed E-state index contributed by atoms with van der Waals surface area (Å²) in [4.78, 5) is 0. The van der Waals surface area contributed by atoms with Crippen molar-refractivity contribution >= 4 is 67.0 Å². The van der Waals surface area contributed by atoms with Crippen LogP contribution in [0.1, 0.15) is 38.8 Å². The van der Waals surface area contributed by atoms with Crippen molar-refractivity contribution in [2.75, 3.05) is 0 Å². The first-order valence-corrected chi connectivity index (χ1v) is 11.2. The Labute approximate surface area is 188 Å². The van der Waals surface area contributed by atoms with Crippen LogP contribution >= 0.6 is 54.9 Å². The summed E-state index contributed by atoms with van der Waals surface area (Å²) < 4.78 is 12.1. The Morgan fingerprint density at radius 3 is 1.61 bits per heavy atom. The number of benzene rings is 2. The lowest BCUT2D eigenvalue weighted by atomic mass is 9.78. The van der Waals surface area contributed by atoms with E-state index in [4.69, 9.17) is 46.4 Å². The molecule has 6 heteroatoms. The highest BCUT2D eigenvalue weighted by Gasteiger charge is 2.29. The van der Waals surface area contributed by atoms with Crippen LogP contribution in [0.4, 0.5) is 0 Å². The lowest BCUT2D eigenvalue weighted by Gasteiger charge is -2.27. The predicted molar refractivity (Wildman–Crippen MR) is 126 cm³/mol. The molecule has 2 atom stereocenters. The van der Waals surface area contributed by atoms with Crippen molar-refractivity contribution in [3.63, 3.8) is 0 Å². The first-order valence-electron chi connectivity index (χ1n) is 8.76. The largest absolute Gasteiger partial charge is 0.359 e. The fourth-order valence-electron chi connectivity index (χ4n) is 3.01. The molecule has 0 aliphatic heterocycles. The summed E-state index contributed by atoms with van der Waals surface area (Å²) in [5, 5.41) is 2.91. The summed E-state index contributed by atoms with van der Waals surface area (Å²) in [5.74, 6) is -0.129. The third kappa shape index (κ3) is 5.62. The average molecular weight is 475 g/mol. The molecule has 28 heavy (non-hydrogen) atoms. The molecule has 0 aromatic heterocycles. The zero-order valence-corrected chi connectivity index (χ0v) is 20.1. The Kier molecular flexibility index (Phi) is 8.20. The number of hydrogen-bond acceptors (Lipinski definition) is 1. The van der Waals surface area contributed by atoms with Crippen LogP contribution in [-0.4, -0.2) is 0 Å². The average Bonchev–Trinajstić information content (AvgIpc) is 2.60. The van der Waals surface area contributed by atoms with Gasteiger partial charge in [-0.05, 0) is 35.8 Å². The molecule has 0 spiro atoms. The van der Waals surface area contributed by atoms with E-state index in [0.29, 0.717) is 25.7 Å².